The van der Waals surface area contributed by atoms with Crippen molar-refractivity contribution in [2.75, 3.05) is 20.2 Å². The Morgan fingerprint density at radius 1 is 0.821 bits per heavy atom. The number of alkyl halides is 2. The molecule has 2 saturated heterocycles. The van der Waals surface area contributed by atoms with E-state index in [1.165, 1.54) is 11.8 Å². The van der Waals surface area contributed by atoms with E-state index >= 15 is 0 Å². The number of imidazole rings is 2. The number of hydrogen-bond donors (Lipinski definition) is 4. The van der Waals surface area contributed by atoms with Crippen LogP contribution in [0.25, 0.3) is 33.6 Å². The van der Waals surface area contributed by atoms with Crippen LogP contribution in [-0.2, 0) is 19.1 Å². The number of carbonyl (C=O) groups is 4. The van der Waals surface area contributed by atoms with Crippen LogP contribution in [0, 0.1) is 11.8 Å². The van der Waals surface area contributed by atoms with Gasteiger partial charge in [-0.15, -0.1) is 0 Å². The number of alkyl carbamates (subject to hydrolysis) is 1. The van der Waals surface area contributed by atoms with Crippen LogP contribution in [0.1, 0.15) is 76.6 Å². The molecule has 4 amide bonds. The minimum Gasteiger partial charge on any atom is -0.453 e. The molecule has 4 heterocycles. The number of ether oxygens (including phenoxy) is 2. The fourth-order valence-corrected chi connectivity index (χ4v) is 7.46. The zero-order valence-corrected chi connectivity index (χ0v) is 31.8. The number of likely N-dealkylation sites (tertiary alicyclic amines) is 2. The van der Waals surface area contributed by atoms with E-state index in [9.17, 15) is 28.0 Å². The Kier molecular flexibility index (Phi) is 12.3. The minimum absolute atomic E-state index is 0.184. The molecule has 298 valence electrons. The smallest absolute Gasteiger partial charge is 0.407 e. The van der Waals surface area contributed by atoms with Gasteiger partial charge in [0, 0.05) is 24.9 Å². The zero-order valence-electron chi connectivity index (χ0n) is 31.8. The number of rotatable bonds is 13. The number of primary amides is 1. The zero-order chi connectivity index (χ0) is 40.1. The molecule has 2 aliphatic heterocycles. The van der Waals surface area contributed by atoms with Crippen molar-refractivity contribution in [1.29, 1.82) is 0 Å². The Bertz CT molecular complexity index is 2000. The van der Waals surface area contributed by atoms with Crippen molar-refractivity contribution in [3.8, 4) is 33.6 Å². The predicted octanol–water partition coefficient (Wildman–Crippen LogP) is 6.60. The summed E-state index contributed by atoms with van der Waals surface area (Å²) in [5.41, 5.74) is 10.6. The molecule has 2 aromatic heterocycles. The number of aromatic amines is 2. The van der Waals surface area contributed by atoms with Crippen molar-refractivity contribution in [3.05, 3.63) is 72.6 Å². The van der Waals surface area contributed by atoms with Crippen LogP contribution in [-0.4, -0.2) is 92.5 Å². The SMILES string of the molecule is CCC(C)[C@H](OC(N)=O)C(=O)N1CCC[C@H]1c1ncc(-c2ccc(-c3ccc(-c4cnc(C5CCCN5C(=O)[C@@H](NC(=O)OC)C(C)C(F)F)[nH]4)cc3)cc2)[nH]1. The van der Waals surface area contributed by atoms with Gasteiger partial charge in [-0.05, 0) is 54.4 Å². The quantitative estimate of drug-likeness (QED) is 0.117. The third-order valence-electron chi connectivity index (χ3n) is 10.9. The van der Waals surface area contributed by atoms with Gasteiger partial charge < -0.3 is 40.3 Å². The number of nitrogens with zero attached hydrogens (tertiary/aromatic N) is 4. The highest BCUT2D eigenvalue weighted by molar-refractivity contribution is 5.87. The van der Waals surface area contributed by atoms with Crippen molar-refractivity contribution in [3.63, 3.8) is 0 Å². The molecule has 14 nitrogen and oxygen atoms in total. The molecule has 6 atom stereocenters. The number of H-pyrrole nitrogens is 2. The Balaban J connectivity index is 1.11. The van der Waals surface area contributed by atoms with Gasteiger partial charge in [0.2, 0.25) is 12.3 Å². The van der Waals surface area contributed by atoms with Gasteiger partial charge in [0.1, 0.15) is 17.7 Å². The highest BCUT2D eigenvalue weighted by Crippen LogP contribution is 2.36. The Morgan fingerprint density at radius 3 is 1.71 bits per heavy atom. The summed E-state index contributed by atoms with van der Waals surface area (Å²) in [6, 6.07) is 13.8. The molecule has 5 N–H and O–H groups in total. The van der Waals surface area contributed by atoms with Gasteiger partial charge in [0.15, 0.2) is 6.10 Å². The molecule has 0 radical (unpaired) electrons. The van der Waals surface area contributed by atoms with Crippen LogP contribution in [0.5, 0.6) is 0 Å². The summed E-state index contributed by atoms with van der Waals surface area (Å²) in [5, 5.41) is 2.29. The first kappa shape index (κ1) is 39.9. The second-order valence-electron chi connectivity index (χ2n) is 14.4. The minimum atomic E-state index is -2.82. The van der Waals surface area contributed by atoms with Crippen LogP contribution in [0.15, 0.2) is 60.9 Å². The maximum atomic E-state index is 13.7. The number of aromatic nitrogens is 4. The van der Waals surface area contributed by atoms with Gasteiger partial charge in [-0.3, -0.25) is 9.59 Å². The number of amides is 4. The number of hydrogen-bond acceptors (Lipinski definition) is 8. The first-order chi connectivity index (χ1) is 26.9. The van der Waals surface area contributed by atoms with Crippen LogP contribution < -0.4 is 11.1 Å². The second-order valence-corrected chi connectivity index (χ2v) is 14.4. The predicted molar refractivity (Wildman–Crippen MR) is 203 cm³/mol. The molecule has 0 aliphatic carbocycles. The van der Waals surface area contributed by atoms with E-state index in [0.717, 1.165) is 53.6 Å². The van der Waals surface area contributed by atoms with Gasteiger partial charge in [0.05, 0.1) is 43.0 Å². The molecule has 2 fully saturated rings. The molecule has 2 aromatic carbocycles. The third kappa shape index (κ3) is 8.53. The van der Waals surface area contributed by atoms with Gasteiger partial charge in [-0.2, -0.15) is 0 Å². The molecule has 2 aliphatic rings. The average molecular weight is 775 g/mol. The molecule has 0 spiro atoms. The first-order valence-corrected chi connectivity index (χ1v) is 18.9. The number of carbonyl (C=O) groups excluding carboxylic acids is 4. The second kappa shape index (κ2) is 17.3. The molecule has 3 unspecified atom stereocenters. The monoisotopic (exact) mass is 774 g/mol. The van der Waals surface area contributed by atoms with Crippen LogP contribution in [0.3, 0.4) is 0 Å². The highest BCUT2D eigenvalue weighted by Gasteiger charge is 2.41. The van der Waals surface area contributed by atoms with E-state index in [1.54, 1.807) is 17.3 Å². The fourth-order valence-electron chi connectivity index (χ4n) is 7.46. The standard InChI is InChI=1S/C40H48F2N8O6/c1-5-22(2)33(56-39(43)53)38(52)50-19-7-9-31(50)36-45-21-29(47-36)27-16-12-25(13-17-27)24-10-14-26(15-11-24)28-20-44-35(46-28)30-8-6-18-49(30)37(51)32(23(3)34(41)42)48-40(54)55-4/h10-17,20-23,30-34H,5-9,18-19H2,1-4H3,(H2,43,53)(H,44,46)(H,45,47)(H,48,54)/t22?,23?,30?,31-,32-,33-/m0/s1. The average Bonchev–Trinajstić information content (AvgIpc) is 4.05. The van der Waals surface area contributed by atoms with Gasteiger partial charge in [-0.25, -0.2) is 28.3 Å². The maximum Gasteiger partial charge on any atom is 0.407 e. The molecule has 16 heteroatoms. The summed E-state index contributed by atoms with van der Waals surface area (Å²) in [6.07, 6.45) is 1.18. The van der Waals surface area contributed by atoms with Crippen LogP contribution in [0.2, 0.25) is 0 Å². The van der Waals surface area contributed by atoms with Crippen molar-refractivity contribution >= 4 is 24.0 Å². The summed E-state index contributed by atoms with van der Waals surface area (Å²) >= 11 is 0. The summed E-state index contributed by atoms with van der Waals surface area (Å²) in [6.45, 7) is 5.90. The molecule has 0 bridgehead atoms. The Hall–Kier alpha value is -5.80. The summed E-state index contributed by atoms with van der Waals surface area (Å²) in [7, 11) is 1.11. The van der Waals surface area contributed by atoms with Crippen molar-refractivity contribution in [2.24, 2.45) is 17.6 Å². The number of nitrogens with one attached hydrogen (secondary N) is 3. The molecule has 56 heavy (non-hydrogen) atoms. The fraction of sp³-hybridized carbons (Fsp3) is 0.450. The lowest BCUT2D eigenvalue weighted by molar-refractivity contribution is -0.144. The van der Waals surface area contributed by atoms with Gasteiger partial charge in [-0.1, -0.05) is 69.3 Å². The van der Waals surface area contributed by atoms with E-state index in [4.69, 9.17) is 10.5 Å². The lowest BCUT2D eigenvalue weighted by atomic mass is 10.00. The number of nitrogens with two attached hydrogens (primary N) is 1. The lowest BCUT2D eigenvalue weighted by Crippen LogP contribution is -2.53. The molecule has 4 aromatic rings. The number of methoxy groups -OCH3 is 1. The van der Waals surface area contributed by atoms with Crippen molar-refractivity contribution in [2.45, 2.75) is 83.5 Å². The summed E-state index contributed by atoms with van der Waals surface area (Å²) in [5.74, 6) is -1.27. The Labute approximate surface area is 323 Å². The molecule has 0 saturated carbocycles. The van der Waals surface area contributed by atoms with Crippen LogP contribution in [0.4, 0.5) is 18.4 Å². The number of benzene rings is 2. The largest absolute Gasteiger partial charge is 0.453 e. The molecular formula is C40H48F2N8O6. The third-order valence-corrected chi connectivity index (χ3v) is 10.9. The van der Waals surface area contributed by atoms with E-state index in [-0.39, 0.29) is 17.9 Å². The number of halogens is 2. The lowest BCUT2D eigenvalue weighted by Gasteiger charge is -2.30. The van der Waals surface area contributed by atoms with Crippen LogP contribution >= 0.6 is 0 Å². The van der Waals surface area contributed by atoms with Crippen molar-refractivity contribution < 1.29 is 37.4 Å². The van der Waals surface area contributed by atoms with Crippen molar-refractivity contribution in [1.82, 2.24) is 35.1 Å². The van der Waals surface area contributed by atoms with E-state index < -0.39 is 48.6 Å². The van der Waals surface area contributed by atoms with E-state index in [2.05, 4.69) is 30.0 Å². The summed E-state index contributed by atoms with van der Waals surface area (Å²) in [4.78, 5) is 69.6. The van der Waals surface area contributed by atoms with E-state index in [1.807, 2.05) is 62.4 Å². The van der Waals surface area contributed by atoms with Gasteiger partial charge >= 0.3 is 12.2 Å². The van der Waals surface area contributed by atoms with Gasteiger partial charge in [0.25, 0.3) is 5.91 Å². The Morgan fingerprint density at radius 2 is 1.29 bits per heavy atom. The maximum absolute atomic E-state index is 13.7. The summed E-state index contributed by atoms with van der Waals surface area (Å²) < 4.78 is 37.1. The molecule has 6 rings (SSSR count). The normalized spacial score (nSPS) is 19.1. The van der Waals surface area contributed by atoms with E-state index in [0.29, 0.717) is 44.0 Å². The first-order valence-electron chi connectivity index (χ1n) is 18.9. The topological polar surface area (TPSA) is 189 Å². The highest BCUT2D eigenvalue weighted by atomic mass is 19.3. The molecular weight excluding hydrogens is 726 g/mol.